The van der Waals surface area contributed by atoms with E-state index < -0.39 is 30.2 Å². The van der Waals surface area contributed by atoms with Gasteiger partial charge in [-0.05, 0) is 67.6 Å². The SMILES string of the molecule is Cc1ccn(-c2ccc(C(=O)N[C@@H]3CCC(F)(F)C[C@@H]3C(=O)N3CCc4c(-c5ccsc5)nc5ccccc5c43)cc2)n1. The van der Waals surface area contributed by atoms with Crippen molar-refractivity contribution in [1.82, 2.24) is 20.1 Å². The Hall–Kier alpha value is -4.44. The fraction of sp³-hybridized carbons (Fsp3) is 0.273. The predicted molar refractivity (Wildman–Crippen MR) is 163 cm³/mol. The van der Waals surface area contributed by atoms with Crippen LogP contribution < -0.4 is 10.2 Å². The molecule has 1 fully saturated rings. The zero-order chi connectivity index (χ0) is 29.7. The minimum Gasteiger partial charge on any atom is -0.348 e. The average molecular weight is 598 g/mol. The number of para-hydroxylation sites is 1. The Balaban J connectivity index is 1.18. The second-order valence-electron chi connectivity index (χ2n) is 11.3. The van der Waals surface area contributed by atoms with Crippen molar-refractivity contribution in [1.29, 1.82) is 0 Å². The lowest BCUT2D eigenvalue weighted by Gasteiger charge is -2.37. The number of hydrogen-bond acceptors (Lipinski definition) is 5. The molecular weight excluding hydrogens is 568 g/mol. The van der Waals surface area contributed by atoms with Gasteiger partial charge in [0, 0.05) is 59.1 Å². The number of carbonyl (C=O) groups excluding carboxylic acids is 2. The molecule has 10 heteroatoms. The van der Waals surface area contributed by atoms with E-state index in [1.807, 2.05) is 60.3 Å². The molecule has 4 heterocycles. The number of anilines is 1. The summed E-state index contributed by atoms with van der Waals surface area (Å²) in [6.07, 6.45) is 1.43. The van der Waals surface area contributed by atoms with Crippen molar-refractivity contribution in [3.05, 3.63) is 94.4 Å². The third-order valence-corrected chi connectivity index (χ3v) is 9.14. The zero-order valence-corrected chi connectivity index (χ0v) is 24.3. The van der Waals surface area contributed by atoms with Crippen molar-refractivity contribution in [2.24, 2.45) is 5.92 Å². The van der Waals surface area contributed by atoms with Gasteiger partial charge in [-0.3, -0.25) is 9.59 Å². The van der Waals surface area contributed by atoms with E-state index in [-0.39, 0.29) is 18.7 Å². The number of aryl methyl sites for hydroxylation is 1. The number of amides is 2. The van der Waals surface area contributed by atoms with E-state index in [4.69, 9.17) is 4.98 Å². The van der Waals surface area contributed by atoms with Crippen LogP contribution in [-0.4, -0.2) is 45.1 Å². The Kier molecular flexibility index (Phi) is 6.80. The maximum atomic E-state index is 14.8. The Morgan fingerprint density at radius 2 is 1.88 bits per heavy atom. The number of alkyl halides is 2. The van der Waals surface area contributed by atoms with Crippen molar-refractivity contribution < 1.29 is 18.4 Å². The summed E-state index contributed by atoms with van der Waals surface area (Å²) in [5.41, 5.74) is 6.28. The molecule has 1 aliphatic carbocycles. The number of pyridine rings is 1. The van der Waals surface area contributed by atoms with Crippen LogP contribution in [0.1, 0.15) is 40.9 Å². The standard InChI is InChI=1S/C33H29F2N5O2S/c1-20-11-16-40(38-20)23-8-6-21(7-9-23)31(41)37-28-10-14-33(34,35)18-26(28)32(42)39-15-12-25-29(22-13-17-43-19-22)36-27-5-3-2-4-24(27)30(25)39/h2-9,11,13,16-17,19,26,28H,10,12,14-15,18H2,1H3,(H,37,41)/t26-,28+/m0/s1. The third-order valence-electron chi connectivity index (χ3n) is 8.45. The minimum atomic E-state index is -2.99. The van der Waals surface area contributed by atoms with Crippen LogP contribution in [0.2, 0.25) is 0 Å². The van der Waals surface area contributed by atoms with E-state index in [2.05, 4.69) is 10.4 Å². The maximum absolute atomic E-state index is 14.8. The molecule has 0 spiro atoms. The molecule has 2 amide bonds. The quantitative estimate of drug-likeness (QED) is 0.248. The molecule has 218 valence electrons. The topological polar surface area (TPSA) is 80.1 Å². The van der Waals surface area contributed by atoms with Gasteiger partial charge >= 0.3 is 0 Å². The fourth-order valence-corrected chi connectivity index (χ4v) is 6.96. The number of nitrogens with zero attached hydrogens (tertiary/aromatic N) is 4. The van der Waals surface area contributed by atoms with Crippen LogP contribution in [0.25, 0.3) is 27.8 Å². The molecule has 1 aliphatic heterocycles. The van der Waals surface area contributed by atoms with E-state index in [1.165, 1.54) is 0 Å². The third kappa shape index (κ3) is 5.09. The van der Waals surface area contributed by atoms with Gasteiger partial charge in [-0.1, -0.05) is 18.2 Å². The van der Waals surface area contributed by atoms with Crippen LogP contribution in [0.3, 0.4) is 0 Å². The molecule has 43 heavy (non-hydrogen) atoms. The van der Waals surface area contributed by atoms with Crippen LogP contribution in [0.15, 0.2) is 77.6 Å². The Bertz CT molecular complexity index is 1830. The van der Waals surface area contributed by atoms with E-state index in [9.17, 15) is 18.4 Å². The first kappa shape index (κ1) is 27.4. The number of hydrogen-bond donors (Lipinski definition) is 1. The summed E-state index contributed by atoms with van der Waals surface area (Å²) in [5, 5.41) is 12.1. The number of nitrogens with one attached hydrogen (secondary N) is 1. The lowest BCUT2D eigenvalue weighted by molar-refractivity contribution is -0.131. The monoisotopic (exact) mass is 597 g/mol. The predicted octanol–water partition coefficient (Wildman–Crippen LogP) is 6.58. The minimum absolute atomic E-state index is 0.0116. The van der Waals surface area contributed by atoms with Gasteiger partial charge in [-0.25, -0.2) is 18.4 Å². The number of thiophene rings is 1. The van der Waals surface area contributed by atoms with Gasteiger partial charge in [0.2, 0.25) is 11.8 Å². The first-order valence-electron chi connectivity index (χ1n) is 14.3. The summed E-state index contributed by atoms with van der Waals surface area (Å²) in [7, 11) is 0. The number of halogens is 2. The van der Waals surface area contributed by atoms with Crippen molar-refractivity contribution in [2.75, 3.05) is 11.4 Å². The molecule has 2 aromatic carbocycles. The summed E-state index contributed by atoms with van der Waals surface area (Å²) in [5.74, 6) is -4.84. The lowest BCUT2D eigenvalue weighted by Crippen LogP contribution is -2.52. The summed E-state index contributed by atoms with van der Waals surface area (Å²) in [4.78, 5) is 34.1. The number of carbonyl (C=O) groups is 2. The normalized spacial score (nSPS) is 19.4. The van der Waals surface area contributed by atoms with Gasteiger partial charge in [-0.2, -0.15) is 16.4 Å². The highest BCUT2D eigenvalue weighted by atomic mass is 32.1. The van der Waals surface area contributed by atoms with E-state index in [1.54, 1.807) is 45.2 Å². The van der Waals surface area contributed by atoms with Crippen LogP contribution in [-0.2, 0) is 11.2 Å². The van der Waals surface area contributed by atoms with Gasteiger partial charge in [0.1, 0.15) is 0 Å². The molecule has 5 aromatic rings. The molecule has 0 radical (unpaired) electrons. The zero-order valence-electron chi connectivity index (χ0n) is 23.5. The highest BCUT2D eigenvalue weighted by Gasteiger charge is 2.47. The Labute approximate surface area is 251 Å². The average Bonchev–Trinajstić information content (AvgIpc) is 3.79. The van der Waals surface area contributed by atoms with Crippen LogP contribution >= 0.6 is 11.3 Å². The van der Waals surface area contributed by atoms with E-state index >= 15 is 0 Å². The molecule has 7 nitrogen and oxygen atoms in total. The number of benzene rings is 2. The summed E-state index contributed by atoms with van der Waals surface area (Å²) < 4.78 is 31.4. The van der Waals surface area contributed by atoms with Crippen molar-refractivity contribution in [3.63, 3.8) is 0 Å². The largest absolute Gasteiger partial charge is 0.348 e. The van der Waals surface area contributed by atoms with Crippen LogP contribution in [0.4, 0.5) is 14.5 Å². The highest BCUT2D eigenvalue weighted by molar-refractivity contribution is 7.08. The first-order valence-corrected chi connectivity index (χ1v) is 15.3. The van der Waals surface area contributed by atoms with E-state index in [0.29, 0.717) is 18.5 Å². The molecule has 0 saturated heterocycles. The Morgan fingerprint density at radius 1 is 1.07 bits per heavy atom. The summed E-state index contributed by atoms with van der Waals surface area (Å²) >= 11 is 1.57. The molecule has 0 bridgehead atoms. The van der Waals surface area contributed by atoms with E-state index in [0.717, 1.165) is 44.8 Å². The van der Waals surface area contributed by atoms with Crippen molar-refractivity contribution in [2.45, 2.75) is 44.6 Å². The molecule has 2 atom stereocenters. The number of fused-ring (bicyclic) bond motifs is 3. The van der Waals surface area contributed by atoms with Crippen LogP contribution in [0, 0.1) is 12.8 Å². The second-order valence-corrected chi connectivity index (χ2v) is 12.1. The van der Waals surface area contributed by atoms with Gasteiger partial charge in [0.25, 0.3) is 5.91 Å². The molecular formula is C33H29F2N5O2S. The van der Waals surface area contributed by atoms with Gasteiger partial charge in [-0.15, -0.1) is 0 Å². The first-order chi connectivity index (χ1) is 20.8. The molecule has 3 aromatic heterocycles. The van der Waals surface area contributed by atoms with Gasteiger partial charge in [0.05, 0.1) is 34.2 Å². The van der Waals surface area contributed by atoms with Crippen LogP contribution in [0.5, 0.6) is 0 Å². The fourth-order valence-electron chi connectivity index (χ4n) is 6.32. The van der Waals surface area contributed by atoms with Crippen molar-refractivity contribution >= 4 is 39.7 Å². The smallest absolute Gasteiger partial charge is 0.251 e. The second kappa shape index (κ2) is 10.7. The number of aromatic nitrogens is 3. The molecule has 1 saturated carbocycles. The lowest BCUT2D eigenvalue weighted by atomic mass is 9.81. The maximum Gasteiger partial charge on any atom is 0.251 e. The van der Waals surface area contributed by atoms with Gasteiger partial charge < -0.3 is 10.2 Å². The van der Waals surface area contributed by atoms with Crippen molar-refractivity contribution in [3.8, 4) is 16.9 Å². The summed E-state index contributed by atoms with van der Waals surface area (Å²) in [6.45, 7) is 2.27. The molecule has 0 unspecified atom stereocenters. The molecule has 2 aliphatic rings. The Morgan fingerprint density at radius 3 is 2.63 bits per heavy atom. The highest BCUT2D eigenvalue weighted by Crippen LogP contribution is 2.44. The molecule has 7 rings (SSSR count). The number of rotatable bonds is 5. The van der Waals surface area contributed by atoms with Gasteiger partial charge in [0.15, 0.2) is 0 Å². The summed E-state index contributed by atoms with van der Waals surface area (Å²) in [6, 6.07) is 17.7. The molecule has 1 N–H and O–H groups in total.